The monoisotopic (exact) mass is 329 g/mol. The minimum absolute atomic E-state index is 0.0778. The Hall–Kier alpha value is -1.83. The third-order valence-corrected chi connectivity index (χ3v) is 4.63. The smallest absolute Gasteiger partial charge is 0.324 e. The van der Waals surface area contributed by atoms with Gasteiger partial charge in [0, 0.05) is 13.1 Å². The van der Waals surface area contributed by atoms with Crippen LogP contribution in [0.1, 0.15) is 12.8 Å². The third kappa shape index (κ3) is 3.16. The molecule has 1 N–H and O–H groups in total. The first-order valence-electron chi connectivity index (χ1n) is 6.92. The highest BCUT2D eigenvalue weighted by Gasteiger charge is 2.42. The van der Waals surface area contributed by atoms with Crippen LogP contribution in [0.5, 0.6) is 0 Å². The van der Waals surface area contributed by atoms with Crippen molar-refractivity contribution in [1.82, 2.24) is 9.88 Å². The van der Waals surface area contributed by atoms with Crippen LogP contribution in [-0.4, -0.2) is 35.2 Å². The number of hydrogen-bond acceptors (Lipinski definition) is 3. The molecule has 3 rings (SSSR count). The summed E-state index contributed by atoms with van der Waals surface area (Å²) in [4.78, 5) is 17.6. The fourth-order valence-corrected chi connectivity index (χ4v) is 3.38. The lowest BCUT2D eigenvalue weighted by Crippen LogP contribution is -2.46. The van der Waals surface area contributed by atoms with Gasteiger partial charge in [-0.2, -0.15) is 13.2 Å². The Labute approximate surface area is 128 Å². The van der Waals surface area contributed by atoms with Crippen LogP contribution in [0.2, 0.25) is 0 Å². The number of thiazole rings is 1. The van der Waals surface area contributed by atoms with Gasteiger partial charge in [0.05, 0.1) is 16.1 Å². The van der Waals surface area contributed by atoms with Crippen molar-refractivity contribution in [2.24, 2.45) is 5.92 Å². The second-order valence-corrected chi connectivity index (χ2v) is 6.27. The van der Waals surface area contributed by atoms with E-state index in [1.54, 1.807) is 0 Å². The van der Waals surface area contributed by atoms with Gasteiger partial charge in [0.2, 0.25) is 0 Å². The molecule has 0 saturated carbocycles. The fourth-order valence-electron chi connectivity index (χ4n) is 2.52. The van der Waals surface area contributed by atoms with E-state index in [0.29, 0.717) is 18.1 Å². The van der Waals surface area contributed by atoms with Crippen LogP contribution >= 0.6 is 11.3 Å². The van der Waals surface area contributed by atoms with Crippen LogP contribution in [0.4, 0.5) is 23.1 Å². The molecule has 1 aromatic carbocycles. The van der Waals surface area contributed by atoms with Gasteiger partial charge in [-0.1, -0.05) is 23.5 Å². The van der Waals surface area contributed by atoms with Crippen molar-refractivity contribution in [2.75, 3.05) is 18.4 Å². The van der Waals surface area contributed by atoms with Crippen molar-refractivity contribution in [1.29, 1.82) is 0 Å². The normalized spacial score (nSPS) is 19.4. The molecule has 1 fully saturated rings. The van der Waals surface area contributed by atoms with Gasteiger partial charge in [0.1, 0.15) is 0 Å². The van der Waals surface area contributed by atoms with Crippen LogP contribution in [0.25, 0.3) is 10.2 Å². The molecule has 0 spiro atoms. The summed E-state index contributed by atoms with van der Waals surface area (Å²) in [5, 5.41) is 3.00. The largest absolute Gasteiger partial charge is 0.393 e. The van der Waals surface area contributed by atoms with Crippen LogP contribution < -0.4 is 5.32 Å². The first kappa shape index (κ1) is 15.1. The average molecular weight is 329 g/mol. The number of fused-ring (bicyclic) bond motifs is 1. The predicted octanol–water partition coefficient (Wildman–Crippen LogP) is 4.10. The molecule has 2 heterocycles. The Morgan fingerprint density at radius 3 is 2.86 bits per heavy atom. The number of piperidine rings is 1. The maximum atomic E-state index is 12.8. The number of alkyl halides is 3. The van der Waals surface area contributed by atoms with E-state index in [1.807, 2.05) is 24.3 Å². The Morgan fingerprint density at radius 2 is 2.14 bits per heavy atom. The molecule has 22 heavy (non-hydrogen) atoms. The Balaban J connectivity index is 1.68. The average Bonchev–Trinajstić information content (AvgIpc) is 2.88. The molecule has 2 aromatic rings. The molecule has 1 aliphatic heterocycles. The summed E-state index contributed by atoms with van der Waals surface area (Å²) in [5.41, 5.74) is 0.759. The standard InChI is InChI=1S/C14H14F3N3OS/c15-14(16,17)9-4-3-7-20(8-9)13(21)19-12-18-10-5-1-2-6-11(10)22-12/h1-2,5-6,9H,3-4,7-8H2,(H,18,19,21). The van der Waals surface area contributed by atoms with Crippen molar-refractivity contribution >= 4 is 32.7 Å². The van der Waals surface area contributed by atoms with Gasteiger partial charge in [-0.3, -0.25) is 5.32 Å². The van der Waals surface area contributed by atoms with Crippen molar-refractivity contribution in [3.05, 3.63) is 24.3 Å². The van der Waals surface area contributed by atoms with Crippen LogP contribution in [-0.2, 0) is 0 Å². The Morgan fingerprint density at radius 1 is 1.36 bits per heavy atom. The first-order valence-corrected chi connectivity index (χ1v) is 7.73. The Bertz CT molecular complexity index is 652. The number of amides is 2. The molecule has 1 unspecified atom stereocenters. The number of carbonyl (C=O) groups is 1. The number of benzene rings is 1. The van der Waals surface area contributed by atoms with E-state index < -0.39 is 18.1 Å². The maximum absolute atomic E-state index is 12.8. The Kier molecular flexibility index (Phi) is 3.94. The van der Waals surface area contributed by atoms with E-state index in [0.717, 1.165) is 10.2 Å². The molecule has 1 saturated heterocycles. The molecule has 1 atom stereocenters. The first-order chi connectivity index (χ1) is 10.4. The number of hydrogen-bond donors (Lipinski definition) is 1. The third-order valence-electron chi connectivity index (χ3n) is 3.68. The molecule has 0 bridgehead atoms. The molecular weight excluding hydrogens is 315 g/mol. The highest BCUT2D eigenvalue weighted by atomic mass is 32.1. The summed E-state index contributed by atoms with van der Waals surface area (Å²) < 4.78 is 39.2. The molecule has 4 nitrogen and oxygen atoms in total. The molecule has 118 valence electrons. The van der Waals surface area contributed by atoms with E-state index in [4.69, 9.17) is 0 Å². The summed E-state index contributed by atoms with van der Waals surface area (Å²) >= 11 is 1.30. The quantitative estimate of drug-likeness (QED) is 0.856. The van der Waals surface area contributed by atoms with E-state index in [9.17, 15) is 18.0 Å². The number of likely N-dealkylation sites (tertiary alicyclic amines) is 1. The van der Waals surface area contributed by atoms with Crippen LogP contribution in [0.15, 0.2) is 24.3 Å². The van der Waals surface area contributed by atoms with Gasteiger partial charge in [0.25, 0.3) is 0 Å². The zero-order valence-corrected chi connectivity index (χ0v) is 12.4. The number of carbonyl (C=O) groups excluding carboxylic acids is 1. The van der Waals surface area contributed by atoms with Gasteiger partial charge in [-0.15, -0.1) is 0 Å². The van der Waals surface area contributed by atoms with Gasteiger partial charge in [-0.05, 0) is 25.0 Å². The van der Waals surface area contributed by atoms with Crippen molar-refractivity contribution in [3.63, 3.8) is 0 Å². The maximum Gasteiger partial charge on any atom is 0.393 e. The lowest BCUT2D eigenvalue weighted by molar-refractivity contribution is -0.183. The minimum Gasteiger partial charge on any atom is -0.324 e. The SMILES string of the molecule is O=C(Nc1nc2ccccc2s1)N1CCCC(C(F)(F)F)C1. The van der Waals surface area contributed by atoms with Gasteiger partial charge in [0.15, 0.2) is 5.13 Å². The van der Waals surface area contributed by atoms with Gasteiger partial charge >= 0.3 is 12.2 Å². The van der Waals surface area contributed by atoms with E-state index >= 15 is 0 Å². The number of para-hydroxylation sites is 1. The lowest BCUT2D eigenvalue weighted by atomic mass is 9.98. The predicted molar refractivity (Wildman–Crippen MR) is 79.0 cm³/mol. The summed E-state index contributed by atoms with van der Waals surface area (Å²) in [6.45, 7) is 0.0452. The number of halogens is 3. The summed E-state index contributed by atoms with van der Waals surface area (Å²) in [6.07, 6.45) is -3.82. The van der Waals surface area contributed by atoms with Crippen molar-refractivity contribution in [3.8, 4) is 0 Å². The van der Waals surface area contributed by atoms with Crippen molar-refractivity contribution in [2.45, 2.75) is 19.0 Å². The topological polar surface area (TPSA) is 45.2 Å². The number of urea groups is 1. The molecular formula is C14H14F3N3OS. The number of aromatic nitrogens is 1. The van der Waals surface area contributed by atoms with Crippen molar-refractivity contribution < 1.29 is 18.0 Å². The van der Waals surface area contributed by atoms with E-state index in [2.05, 4.69) is 10.3 Å². The molecule has 0 aliphatic carbocycles. The molecule has 1 aliphatic rings. The lowest BCUT2D eigenvalue weighted by Gasteiger charge is -2.33. The second-order valence-electron chi connectivity index (χ2n) is 5.24. The fraction of sp³-hybridized carbons (Fsp3) is 0.429. The van der Waals surface area contributed by atoms with Crippen LogP contribution in [0.3, 0.4) is 0 Å². The minimum atomic E-state index is -4.26. The molecule has 1 aromatic heterocycles. The number of nitrogens with one attached hydrogen (secondary N) is 1. The highest BCUT2D eigenvalue weighted by molar-refractivity contribution is 7.22. The number of anilines is 1. The van der Waals surface area contributed by atoms with E-state index in [-0.39, 0.29) is 13.0 Å². The summed E-state index contributed by atoms with van der Waals surface area (Å²) in [6, 6.07) is 6.88. The zero-order valence-electron chi connectivity index (χ0n) is 11.6. The van der Waals surface area contributed by atoms with Gasteiger partial charge < -0.3 is 4.90 Å². The molecule has 0 radical (unpaired) electrons. The second kappa shape index (κ2) is 5.75. The zero-order chi connectivity index (χ0) is 15.7. The summed E-state index contributed by atoms with van der Waals surface area (Å²) in [7, 11) is 0. The van der Waals surface area contributed by atoms with Crippen LogP contribution in [0, 0.1) is 5.92 Å². The highest BCUT2D eigenvalue weighted by Crippen LogP contribution is 2.33. The number of nitrogens with zero attached hydrogens (tertiary/aromatic N) is 2. The number of rotatable bonds is 1. The summed E-state index contributed by atoms with van der Waals surface area (Å²) in [5.74, 6) is -1.44. The van der Waals surface area contributed by atoms with Gasteiger partial charge in [-0.25, -0.2) is 9.78 Å². The van der Waals surface area contributed by atoms with E-state index in [1.165, 1.54) is 16.2 Å². The molecule has 2 amide bonds. The molecule has 8 heteroatoms.